The van der Waals surface area contributed by atoms with Crippen molar-refractivity contribution in [3.05, 3.63) is 45.8 Å². The SMILES string of the molecule is O=Cc1nccn1Cc1nc2ccsc2c(=O)[nH]1. The van der Waals surface area contributed by atoms with Crippen LogP contribution in [0.4, 0.5) is 0 Å². The van der Waals surface area contributed by atoms with Gasteiger partial charge in [-0.1, -0.05) is 0 Å². The van der Waals surface area contributed by atoms with Crippen molar-refractivity contribution < 1.29 is 4.79 Å². The zero-order valence-corrected chi connectivity index (χ0v) is 9.98. The number of fused-ring (bicyclic) bond motifs is 1. The second kappa shape index (κ2) is 4.19. The van der Waals surface area contributed by atoms with Gasteiger partial charge in [0.05, 0.1) is 12.1 Å². The van der Waals surface area contributed by atoms with E-state index >= 15 is 0 Å². The molecule has 0 aromatic carbocycles. The standard InChI is InChI=1S/C11H8N4O2S/c16-6-9-12-2-3-15(9)5-8-13-7-1-4-18-10(7)11(17)14-8/h1-4,6H,5H2,(H,13,14,17). The van der Waals surface area contributed by atoms with Gasteiger partial charge in [0.2, 0.25) is 0 Å². The lowest BCUT2D eigenvalue weighted by Crippen LogP contribution is -2.14. The number of hydrogen-bond acceptors (Lipinski definition) is 5. The van der Waals surface area contributed by atoms with Crippen LogP contribution in [0.3, 0.4) is 0 Å². The largest absolute Gasteiger partial charge is 0.321 e. The highest BCUT2D eigenvalue weighted by molar-refractivity contribution is 7.17. The summed E-state index contributed by atoms with van der Waals surface area (Å²) in [6.45, 7) is 0.315. The van der Waals surface area contributed by atoms with Crippen LogP contribution in [-0.4, -0.2) is 25.8 Å². The molecule has 0 bridgehead atoms. The lowest BCUT2D eigenvalue weighted by molar-refractivity contribution is 0.111. The van der Waals surface area contributed by atoms with Gasteiger partial charge in [0.25, 0.3) is 5.56 Å². The van der Waals surface area contributed by atoms with Gasteiger partial charge in [0, 0.05) is 12.4 Å². The Hall–Kier alpha value is -2.28. The number of carbonyl (C=O) groups is 1. The molecule has 7 heteroatoms. The molecule has 3 heterocycles. The fourth-order valence-corrected chi connectivity index (χ4v) is 2.46. The zero-order chi connectivity index (χ0) is 12.5. The maximum absolute atomic E-state index is 11.8. The molecule has 18 heavy (non-hydrogen) atoms. The number of carbonyl (C=O) groups excluding carboxylic acids is 1. The van der Waals surface area contributed by atoms with E-state index in [1.807, 2.05) is 5.38 Å². The van der Waals surface area contributed by atoms with E-state index in [2.05, 4.69) is 15.0 Å². The van der Waals surface area contributed by atoms with E-state index in [9.17, 15) is 9.59 Å². The highest BCUT2D eigenvalue weighted by Crippen LogP contribution is 2.13. The van der Waals surface area contributed by atoms with Crippen molar-refractivity contribution in [1.29, 1.82) is 0 Å². The summed E-state index contributed by atoms with van der Waals surface area (Å²) in [5.74, 6) is 0.815. The molecule has 0 aliphatic heterocycles. The Bertz CT molecular complexity index is 771. The number of H-pyrrole nitrogens is 1. The van der Waals surface area contributed by atoms with Crippen molar-refractivity contribution in [2.45, 2.75) is 6.54 Å². The van der Waals surface area contributed by atoms with Crippen LogP contribution in [-0.2, 0) is 6.54 Å². The average molecular weight is 260 g/mol. The van der Waals surface area contributed by atoms with Gasteiger partial charge in [-0.3, -0.25) is 9.59 Å². The van der Waals surface area contributed by atoms with Gasteiger partial charge in [-0.2, -0.15) is 0 Å². The number of aromatic amines is 1. The first-order valence-electron chi connectivity index (χ1n) is 5.20. The maximum atomic E-state index is 11.8. The Morgan fingerprint density at radius 3 is 3.22 bits per heavy atom. The quantitative estimate of drug-likeness (QED) is 0.713. The normalized spacial score (nSPS) is 10.9. The monoisotopic (exact) mass is 260 g/mol. The summed E-state index contributed by atoms with van der Waals surface area (Å²) in [6, 6.07) is 1.80. The molecule has 0 spiro atoms. The van der Waals surface area contributed by atoms with Crippen LogP contribution in [0.25, 0.3) is 10.2 Å². The molecule has 90 valence electrons. The predicted molar refractivity (Wildman–Crippen MR) is 67.0 cm³/mol. The van der Waals surface area contributed by atoms with E-state index in [0.717, 1.165) is 0 Å². The second-order valence-electron chi connectivity index (χ2n) is 3.68. The highest BCUT2D eigenvalue weighted by Gasteiger charge is 2.07. The molecule has 0 aliphatic rings. The Morgan fingerprint density at radius 2 is 2.39 bits per heavy atom. The molecule has 0 aliphatic carbocycles. The lowest BCUT2D eigenvalue weighted by Gasteiger charge is -2.03. The molecule has 1 N–H and O–H groups in total. The van der Waals surface area contributed by atoms with E-state index in [0.29, 0.717) is 34.7 Å². The molecule has 0 unspecified atom stereocenters. The van der Waals surface area contributed by atoms with Crippen molar-refractivity contribution in [1.82, 2.24) is 19.5 Å². The van der Waals surface area contributed by atoms with Crippen LogP contribution in [0.15, 0.2) is 28.6 Å². The van der Waals surface area contributed by atoms with Gasteiger partial charge >= 0.3 is 0 Å². The van der Waals surface area contributed by atoms with Crippen LogP contribution < -0.4 is 5.56 Å². The van der Waals surface area contributed by atoms with Gasteiger partial charge in [0.1, 0.15) is 10.5 Å². The number of rotatable bonds is 3. The number of nitrogens with zero attached hydrogens (tertiary/aromatic N) is 3. The van der Waals surface area contributed by atoms with Crippen LogP contribution in [0.1, 0.15) is 16.4 Å². The molecule has 0 saturated carbocycles. The summed E-state index contributed by atoms with van der Waals surface area (Å²) < 4.78 is 2.24. The van der Waals surface area contributed by atoms with E-state index in [4.69, 9.17) is 0 Å². The Balaban J connectivity index is 2.05. The van der Waals surface area contributed by atoms with Crippen LogP contribution >= 0.6 is 11.3 Å². The average Bonchev–Trinajstić information content (AvgIpc) is 2.97. The van der Waals surface area contributed by atoms with Crippen LogP contribution in [0, 0.1) is 0 Å². The highest BCUT2D eigenvalue weighted by atomic mass is 32.1. The molecule has 3 rings (SSSR count). The number of aromatic nitrogens is 4. The topological polar surface area (TPSA) is 80.6 Å². The molecule has 3 aromatic heterocycles. The van der Waals surface area contributed by atoms with E-state index in [-0.39, 0.29) is 5.56 Å². The molecule has 6 nitrogen and oxygen atoms in total. The van der Waals surface area contributed by atoms with Crippen molar-refractivity contribution in [3.63, 3.8) is 0 Å². The smallest absolute Gasteiger partial charge is 0.268 e. The number of imidazole rings is 1. The molecule has 0 atom stereocenters. The van der Waals surface area contributed by atoms with Gasteiger partial charge in [-0.15, -0.1) is 11.3 Å². The minimum Gasteiger partial charge on any atom is -0.321 e. The summed E-state index contributed by atoms with van der Waals surface area (Å²) in [7, 11) is 0. The number of nitrogens with one attached hydrogen (secondary N) is 1. The molecule has 0 radical (unpaired) electrons. The van der Waals surface area contributed by atoms with Crippen molar-refractivity contribution in [2.75, 3.05) is 0 Å². The van der Waals surface area contributed by atoms with Crippen LogP contribution in [0.2, 0.25) is 0 Å². The third kappa shape index (κ3) is 1.74. The third-order valence-corrected chi connectivity index (χ3v) is 3.44. The molecule has 0 saturated heterocycles. The molecular formula is C11H8N4O2S. The van der Waals surface area contributed by atoms with Crippen LogP contribution in [0.5, 0.6) is 0 Å². The summed E-state index contributed by atoms with van der Waals surface area (Å²) in [6.07, 6.45) is 3.87. The van der Waals surface area contributed by atoms with Gasteiger partial charge in [0.15, 0.2) is 12.1 Å². The number of hydrogen-bond donors (Lipinski definition) is 1. The molecule has 3 aromatic rings. The third-order valence-electron chi connectivity index (χ3n) is 2.54. The molecule has 0 amide bonds. The number of aldehydes is 1. The summed E-state index contributed by atoms with van der Waals surface area (Å²) in [4.78, 5) is 33.4. The Morgan fingerprint density at radius 1 is 1.50 bits per heavy atom. The molecule has 0 fully saturated rings. The van der Waals surface area contributed by atoms with E-state index in [1.54, 1.807) is 16.8 Å². The van der Waals surface area contributed by atoms with Gasteiger partial charge in [-0.05, 0) is 11.4 Å². The van der Waals surface area contributed by atoms with Gasteiger partial charge < -0.3 is 9.55 Å². The Kier molecular flexibility index (Phi) is 2.52. The minimum atomic E-state index is -0.155. The van der Waals surface area contributed by atoms with Gasteiger partial charge in [-0.25, -0.2) is 9.97 Å². The fourth-order valence-electron chi connectivity index (χ4n) is 1.73. The first kappa shape index (κ1) is 10.8. The predicted octanol–water partition coefficient (Wildman–Crippen LogP) is 1.04. The lowest BCUT2D eigenvalue weighted by atomic mass is 10.4. The van der Waals surface area contributed by atoms with E-state index in [1.165, 1.54) is 17.5 Å². The first-order chi connectivity index (χ1) is 8.78. The van der Waals surface area contributed by atoms with Crippen molar-refractivity contribution in [3.8, 4) is 0 Å². The summed E-state index contributed by atoms with van der Waals surface area (Å²) in [5, 5.41) is 1.82. The van der Waals surface area contributed by atoms with Crippen molar-refractivity contribution in [2.24, 2.45) is 0 Å². The Labute approximate surface area is 105 Å². The number of thiophene rings is 1. The fraction of sp³-hybridized carbons (Fsp3) is 0.0909. The zero-order valence-electron chi connectivity index (χ0n) is 9.16. The second-order valence-corrected chi connectivity index (χ2v) is 4.59. The van der Waals surface area contributed by atoms with Crippen molar-refractivity contribution >= 4 is 27.8 Å². The maximum Gasteiger partial charge on any atom is 0.268 e. The first-order valence-corrected chi connectivity index (χ1v) is 6.08. The summed E-state index contributed by atoms with van der Waals surface area (Å²) >= 11 is 1.36. The minimum absolute atomic E-state index is 0.155. The van der Waals surface area contributed by atoms with E-state index < -0.39 is 0 Å². The molecular weight excluding hydrogens is 252 g/mol. The summed E-state index contributed by atoms with van der Waals surface area (Å²) in [5.41, 5.74) is 0.518.